The maximum absolute atomic E-state index is 5.35. The van der Waals surface area contributed by atoms with Crippen LogP contribution in [0.25, 0.3) is 11.0 Å². The van der Waals surface area contributed by atoms with Crippen molar-refractivity contribution in [3.63, 3.8) is 0 Å². The monoisotopic (exact) mass is 284 g/mol. The fourth-order valence-corrected chi connectivity index (χ4v) is 2.03. The molecule has 7 heteroatoms. The summed E-state index contributed by atoms with van der Waals surface area (Å²) in [5.41, 5.74) is 1.50. The van der Waals surface area contributed by atoms with Crippen molar-refractivity contribution in [3.05, 3.63) is 42.7 Å². The van der Waals surface area contributed by atoms with E-state index >= 15 is 0 Å². The van der Waals surface area contributed by atoms with Crippen LogP contribution in [-0.2, 0) is 0 Å². The maximum atomic E-state index is 5.35. The smallest absolute Gasteiger partial charge is 0.238 e. The molecule has 3 aromatic rings. The van der Waals surface area contributed by atoms with E-state index in [9.17, 15) is 0 Å². The molecule has 1 aromatic carbocycles. The van der Waals surface area contributed by atoms with E-state index in [2.05, 4.69) is 25.5 Å². The van der Waals surface area contributed by atoms with Crippen LogP contribution in [0.2, 0.25) is 0 Å². The molecule has 20 heavy (non-hydrogen) atoms. The first kappa shape index (κ1) is 12.5. The zero-order chi connectivity index (χ0) is 13.9. The Morgan fingerprint density at radius 1 is 1.30 bits per heavy atom. The number of hydrogen-bond acceptors (Lipinski definition) is 4. The Morgan fingerprint density at radius 3 is 2.85 bits per heavy atom. The minimum absolute atomic E-state index is 0.482. The third-order valence-corrected chi connectivity index (χ3v) is 3.19. The van der Waals surface area contributed by atoms with Gasteiger partial charge in [0, 0.05) is 19.4 Å². The van der Waals surface area contributed by atoms with E-state index in [4.69, 9.17) is 12.2 Å². The molecule has 100 valence electrons. The zero-order valence-corrected chi connectivity index (χ0v) is 11.6. The third-order valence-electron chi connectivity index (χ3n) is 2.81. The zero-order valence-electron chi connectivity index (χ0n) is 10.7. The molecule has 0 radical (unpaired) electrons. The summed E-state index contributed by atoms with van der Waals surface area (Å²) >= 11 is 5.35. The van der Waals surface area contributed by atoms with Gasteiger partial charge >= 0.3 is 0 Å². The molecule has 2 aromatic heterocycles. The Kier molecular flexibility index (Phi) is 3.26. The summed E-state index contributed by atoms with van der Waals surface area (Å²) in [7, 11) is 1.77. The Labute approximate surface area is 120 Å². The van der Waals surface area contributed by atoms with Crippen molar-refractivity contribution in [3.8, 4) is 0 Å². The van der Waals surface area contributed by atoms with Gasteiger partial charge in [0.05, 0.1) is 11.1 Å². The van der Waals surface area contributed by atoms with Crippen LogP contribution in [0.3, 0.4) is 0 Å². The van der Waals surface area contributed by atoms with E-state index in [1.54, 1.807) is 24.3 Å². The Hall–Kier alpha value is -2.54. The molecule has 0 aliphatic rings. The lowest BCUT2D eigenvalue weighted by Crippen LogP contribution is -2.35. The number of rotatable bonds is 2. The second-order valence-corrected chi connectivity index (χ2v) is 4.45. The van der Waals surface area contributed by atoms with Gasteiger partial charge < -0.3 is 5.32 Å². The largest absolute Gasteiger partial charge is 0.365 e. The lowest BCUT2D eigenvalue weighted by molar-refractivity contribution is 1.06. The summed E-state index contributed by atoms with van der Waals surface area (Å²) in [6.45, 7) is 0. The van der Waals surface area contributed by atoms with Gasteiger partial charge in [-0.05, 0) is 24.4 Å². The first-order valence-corrected chi connectivity index (χ1v) is 6.44. The van der Waals surface area contributed by atoms with Crippen molar-refractivity contribution in [2.45, 2.75) is 0 Å². The molecule has 2 N–H and O–H groups in total. The van der Waals surface area contributed by atoms with Gasteiger partial charge in [-0.2, -0.15) is 10.1 Å². The number of nitrogens with zero attached hydrogens (tertiary/aromatic N) is 4. The summed E-state index contributed by atoms with van der Waals surface area (Å²) < 4.78 is 0. The molecule has 6 nitrogen and oxygen atoms in total. The SMILES string of the molecule is CNC(=S)N(c1ccccc1)c1ncc2c[nH]nc2n1. The van der Waals surface area contributed by atoms with E-state index in [-0.39, 0.29) is 0 Å². The highest BCUT2D eigenvalue weighted by Gasteiger charge is 2.17. The molecule has 0 saturated carbocycles. The van der Waals surface area contributed by atoms with Crippen LogP contribution < -0.4 is 10.2 Å². The van der Waals surface area contributed by atoms with Crippen molar-refractivity contribution in [2.75, 3.05) is 11.9 Å². The van der Waals surface area contributed by atoms with Gasteiger partial charge in [-0.1, -0.05) is 18.2 Å². The van der Waals surface area contributed by atoms with Crippen LogP contribution >= 0.6 is 12.2 Å². The van der Waals surface area contributed by atoms with E-state index in [1.807, 2.05) is 30.3 Å². The Morgan fingerprint density at radius 2 is 2.10 bits per heavy atom. The summed E-state index contributed by atoms with van der Waals surface area (Å²) in [6, 6.07) is 9.71. The van der Waals surface area contributed by atoms with Gasteiger partial charge in [0.25, 0.3) is 0 Å². The summed E-state index contributed by atoms with van der Waals surface area (Å²) in [5.74, 6) is 0.482. The second kappa shape index (κ2) is 5.22. The molecular weight excluding hydrogens is 272 g/mol. The van der Waals surface area contributed by atoms with Crippen LogP contribution in [-0.4, -0.2) is 32.3 Å². The van der Waals surface area contributed by atoms with Crippen molar-refractivity contribution < 1.29 is 0 Å². The molecule has 0 fully saturated rings. The van der Waals surface area contributed by atoms with Gasteiger partial charge in [0.15, 0.2) is 10.8 Å². The van der Waals surface area contributed by atoms with Gasteiger partial charge in [-0.3, -0.25) is 10.00 Å². The fourth-order valence-electron chi connectivity index (χ4n) is 1.85. The van der Waals surface area contributed by atoms with Gasteiger partial charge in [0.1, 0.15) is 0 Å². The van der Waals surface area contributed by atoms with E-state index in [0.717, 1.165) is 11.1 Å². The number of benzene rings is 1. The summed E-state index contributed by atoms with van der Waals surface area (Å²) in [5, 5.41) is 11.2. The topological polar surface area (TPSA) is 69.7 Å². The molecule has 0 bridgehead atoms. The van der Waals surface area contributed by atoms with Crippen LogP contribution in [0.1, 0.15) is 0 Å². The first-order valence-electron chi connectivity index (χ1n) is 6.03. The predicted octanol–water partition coefficient (Wildman–Crippen LogP) is 2.00. The minimum atomic E-state index is 0.482. The molecule has 0 amide bonds. The number of aromatic nitrogens is 4. The summed E-state index contributed by atoms with van der Waals surface area (Å²) in [6.07, 6.45) is 3.47. The second-order valence-electron chi connectivity index (χ2n) is 4.06. The number of H-pyrrole nitrogens is 1. The molecule has 0 aliphatic heterocycles. The third kappa shape index (κ3) is 2.19. The highest BCUT2D eigenvalue weighted by Crippen LogP contribution is 2.22. The average Bonchev–Trinajstić information content (AvgIpc) is 2.96. The average molecular weight is 284 g/mol. The van der Waals surface area contributed by atoms with Gasteiger partial charge in [-0.15, -0.1) is 0 Å². The number of thiocarbonyl (C=S) groups is 1. The minimum Gasteiger partial charge on any atom is -0.365 e. The number of hydrogen-bond donors (Lipinski definition) is 2. The standard InChI is InChI=1S/C13H12N6S/c1-14-13(20)19(10-5-3-2-4-6-10)12-15-7-9-8-16-18-11(9)17-12/h2-8H,1H3,(H,14,20)(H,15,16,17,18). The molecule has 0 saturated heterocycles. The van der Waals surface area contributed by atoms with Crippen molar-refractivity contribution in [1.29, 1.82) is 0 Å². The Bertz CT molecular complexity index is 739. The highest BCUT2D eigenvalue weighted by atomic mass is 32.1. The summed E-state index contributed by atoms with van der Waals surface area (Å²) in [4.78, 5) is 10.5. The number of anilines is 2. The predicted molar refractivity (Wildman–Crippen MR) is 81.9 cm³/mol. The molecule has 0 atom stereocenters. The number of fused-ring (bicyclic) bond motifs is 1. The number of aromatic amines is 1. The lowest BCUT2D eigenvalue weighted by atomic mass is 10.3. The molecular formula is C13H12N6S. The molecule has 0 unspecified atom stereocenters. The van der Waals surface area contributed by atoms with Crippen LogP contribution in [0.5, 0.6) is 0 Å². The number of para-hydroxylation sites is 1. The normalized spacial score (nSPS) is 10.4. The van der Waals surface area contributed by atoms with E-state index < -0.39 is 0 Å². The van der Waals surface area contributed by atoms with Crippen molar-refractivity contribution >= 4 is 40.0 Å². The molecule has 0 spiro atoms. The van der Waals surface area contributed by atoms with Crippen LogP contribution in [0.15, 0.2) is 42.7 Å². The van der Waals surface area contributed by atoms with Gasteiger partial charge in [-0.25, -0.2) is 4.98 Å². The van der Waals surface area contributed by atoms with E-state index in [0.29, 0.717) is 16.7 Å². The lowest BCUT2D eigenvalue weighted by Gasteiger charge is -2.22. The maximum Gasteiger partial charge on any atom is 0.238 e. The van der Waals surface area contributed by atoms with Crippen LogP contribution in [0.4, 0.5) is 11.6 Å². The van der Waals surface area contributed by atoms with Crippen molar-refractivity contribution in [2.24, 2.45) is 0 Å². The molecule has 3 rings (SSSR count). The van der Waals surface area contributed by atoms with Gasteiger partial charge in [0.2, 0.25) is 5.95 Å². The fraction of sp³-hybridized carbons (Fsp3) is 0.0769. The van der Waals surface area contributed by atoms with E-state index in [1.165, 1.54) is 0 Å². The first-order chi connectivity index (χ1) is 9.79. The quantitative estimate of drug-likeness (QED) is 0.701. The number of nitrogens with one attached hydrogen (secondary N) is 2. The van der Waals surface area contributed by atoms with Crippen LogP contribution in [0, 0.1) is 0 Å². The Balaban J connectivity index is 2.11. The highest BCUT2D eigenvalue weighted by molar-refractivity contribution is 7.80. The molecule has 2 heterocycles. The van der Waals surface area contributed by atoms with Crippen molar-refractivity contribution in [1.82, 2.24) is 25.5 Å². The molecule has 0 aliphatic carbocycles.